The lowest BCUT2D eigenvalue weighted by Gasteiger charge is -2.49. The van der Waals surface area contributed by atoms with Gasteiger partial charge in [0.15, 0.2) is 0 Å². The molecule has 2 heteroatoms. The van der Waals surface area contributed by atoms with E-state index in [9.17, 15) is 4.79 Å². The molecule has 1 saturated heterocycles. The van der Waals surface area contributed by atoms with Crippen LogP contribution < -0.4 is 5.32 Å². The molecule has 78 valence electrons. The number of hydrogen-bond acceptors (Lipinski definition) is 1. The van der Waals surface area contributed by atoms with E-state index in [-0.39, 0.29) is 0 Å². The Morgan fingerprint density at radius 1 is 1.00 bits per heavy atom. The van der Waals surface area contributed by atoms with Gasteiger partial charge in [-0.05, 0) is 30.6 Å². The van der Waals surface area contributed by atoms with E-state index in [1.165, 1.54) is 38.5 Å². The molecular weight excluding hydrogens is 174 g/mol. The Hall–Kier alpha value is -0.530. The minimum atomic E-state index is 0.318. The average Bonchev–Trinajstić information content (AvgIpc) is 2.18. The zero-order chi connectivity index (χ0) is 9.54. The summed E-state index contributed by atoms with van der Waals surface area (Å²) in [5.74, 6) is 2.83. The highest BCUT2D eigenvalue weighted by Crippen LogP contribution is 2.46. The highest BCUT2D eigenvalue weighted by atomic mass is 16.1. The summed E-state index contributed by atoms with van der Waals surface area (Å²) in [6.07, 6.45) is 8.91. The molecule has 0 spiro atoms. The van der Waals surface area contributed by atoms with E-state index in [1.807, 2.05) is 0 Å². The molecule has 1 heterocycles. The van der Waals surface area contributed by atoms with Crippen molar-refractivity contribution in [2.45, 2.75) is 51.0 Å². The fourth-order valence-corrected chi connectivity index (χ4v) is 4.11. The van der Waals surface area contributed by atoms with Crippen LogP contribution in [0, 0.1) is 17.8 Å². The van der Waals surface area contributed by atoms with Gasteiger partial charge >= 0.3 is 0 Å². The van der Waals surface area contributed by atoms with Gasteiger partial charge in [0.05, 0.1) is 0 Å². The van der Waals surface area contributed by atoms with Crippen molar-refractivity contribution >= 4 is 5.91 Å². The van der Waals surface area contributed by atoms with Crippen molar-refractivity contribution in [2.24, 2.45) is 17.8 Å². The van der Waals surface area contributed by atoms with Crippen molar-refractivity contribution in [3.8, 4) is 0 Å². The number of carbonyl (C=O) groups excluding carboxylic acids is 1. The molecule has 4 unspecified atom stereocenters. The van der Waals surface area contributed by atoms with Gasteiger partial charge in [-0.2, -0.15) is 0 Å². The Morgan fingerprint density at radius 2 is 1.71 bits per heavy atom. The van der Waals surface area contributed by atoms with E-state index < -0.39 is 0 Å². The summed E-state index contributed by atoms with van der Waals surface area (Å²) in [6, 6.07) is 0.542. The van der Waals surface area contributed by atoms with Crippen LogP contribution in [0.25, 0.3) is 0 Å². The first-order valence-corrected chi connectivity index (χ1v) is 6.14. The third kappa shape index (κ3) is 1.27. The van der Waals surface area contributed by atoms with Gasteiger partial charge in [-0.15, -0.1) is 0 Å². The fraction of sp³-hybridized carbons (Fsp3) is 0.917. The number of nitrogens with one attached hydrogen (secondary N) is 1. The van der Waals surface area contributed by atoms with E-state index >= 15 is 0 Å². The van der Waals surface area contributed by atoms with Crippen LogP contribution in [0.5, 0.6) is 0 Å². The van der Waals surface area contributed by atoms with Crippen molar-refractivity contribution < 1.29 is 4.79 Å². The highest BCUT2D eigenvalue weighted by Gasteiger charge is 2.44. The molecule has 0 aromatic carbocycles. The third-order valence-corrected chi connectivity index (χ3v) is 4.59. The molecule has 1 amide bonds. The SMILES string of the molecule is O=C1CC2CCCC3CCCC(N1)C32. The minimum Gasteiger partial charge on any atom is -0.353 e. The Balaban J connectivity index is 1.85. The lowest BCUT2D eigenvalue weighted by Crippen LogP contribution is -2.54. The Morgan fingerprint density at radius 3 is 2.57 bits per heavy atom. The second-order valence-electron chi connectivity index (χ2n) is 5.34. The predicted octanol–water partition coefficient (Wildman–Crippen LogP) is 2.09. The van der Waals surface area contributed by atoms with Crippen LogP contribution in [0.15, 0.2) is 0 Å². The molecule has 2 saturated carbocycles. The summed E-state index contributed by atoms with van der Waals surface area (Å²) in [5, 5.41) is 3.21. The van der Waals surface area contributed by atoms with Gasteiger partial charge in [0, 0.05) is 12.5 Å². The normalized spacial score (nSPS) is 46.7. The number of rotatable bonds is 0. The third-order valence-electron chi connectivity index (χ3n) is 4.59. The van der Waals surface area contributed by atoms with Gasteiger partial charge in [0.2, 0.25) is 5.91 Å². The van der Waals surface area contributed by atoms with Crippen molar-refractivity contribution in [1.82, 2.24) is 5.32 Å². The van der Waals surface area contributed by atoms with E-state index in [0.717, 1.165) is 24.2 Å². The lowest BCUT2D eigenvalue weighted by molar-refractivity contribution is -0.129. The summed E-state index contributed by atoms with van der Waals surface area (Å²) >= 11 is 0. The maximum Gasteiger partial charge on any atom is 0.220 e. The molecule has 3 aliphatic rings. The van der Waals surface area contributed by atoms with Crippen LogP contribution in [0.3, 0.4) is 0 Å². The van der Waals surface area contributed by atoms with Gasteiger partial charge in [-0.3, -0.25) is 4.79 Å². The quantitative estimate of drug-likeness (QED) is 0.627. The number of hydrogen-bond donors (Lipinski definition) is 1. The lowest BCUT2D eigenvalue weighted by atomic mass is 9.61. The average molecular weight is 193 g/mol. The van der Waals surface area contributed by atoms with Crippen LogP contribution in [0.2, 0.25) is 0 Å². The monoisotopic (exact) mass is 193 g/mol. The molecule has 14 heavy (non-hydrogen) atoms. The van der Waals surface area contributed by atoms with Gasteiger partial charge in [-0.1, -0.05) is 25.7 Å². The molecule has 0 aromatic heterocycles. The second-order valence-corrected chi connectivity index (χ2v) is 5.34. The Labute approximate surface area is 85.4 Å². The van der Waals surface area contributed by atoms with Crippen molar-refractivity contribution in [3.05, 3.63) is 0 Å². The largest absolute Gasteiger partial charge is 0.353 e. The zero-order valence-corrected chi connectivity index (χ0v) is 8.67. The molecule has 0 radical (unpaired) electrons. The summed E-state index contributed by atoms with van der Waals surface area (Å²) in [7, 11) is 0. The zero-order valence-electron chi connectivity index (χ0n) is 8.67. The number of amides is 1. The molecule has 0 bridgehead atoms. The van der Waals surface area contributed by atoms with Crippen LogP contribution in [-0.2, 0) is 4.79 Å². The smallest absolute Gasteiger partial charge is 0.220 e. The first-order valence-electron chi connectivity index (χ1n) is 6.14. The summed E-state index contributed by atoms with van der Waals surface area (Å²) in [4.78, 5) is 11.5. The van der Waals surface area contributed by atoms with E-state index in [4.69, 9.17) is 0 Å². The first kappa shape index (κ1) is 8.75. The molecule has 1 aliphatic heterocycles. The van der Waals surface area contributed by atoms with E-state index in [2.05, 4.69) is 5.32 Å². The fourth-order valence-electron chi connectivity index (χ4n) is 4.11. The van der Waals surface area contributed by atoms with Gasteiger partial charge in [0.1, 0.15) is 0 Å². The molecule has 4 atom stereocenters. The molecule has 2 aliphatic carbocycles. The van der Waals surface area contributed by atoms with E-state index in [0.29, 0.717) is 11.9 Å². The standard InChI is InChI=1S/C12H19NO/c14-11-7-9-5-1-3-8-4-2-6-10(13-11)12(8)9/h8-10,12H,1-7H2,(H,13,14). The topological polar surface area (TPSA) is 29.1 Å². The molecule has 2 nitrogen and oxygen atoms in total. The van der Waals surface area contributed by atoms with Crippen LogP contribution >= 0.6 is 0 Å². The van der Waals surface area contributed by atoms with Crippen LogP contribution in [-0.4, -0.2) is 11.9 Å². The van der Waals surface area contributed by atoms with Crippen molar-refractivity contribution in [1.29, 1.82) is 0 Å². The Bertz CT molecular complexity index is 229. The van der Waals surface area contributed by atoms with Crippen LogP contribution in [0.1, 0.15) is 44.9 Å². The highest BCUT2D eigenvalue weighted by molar-refractivity contribution is 5.77. The second kappa shape index (κ2) is 3.25. The summed E-state index contributed by atoms with van der Waals surface area (Å²) in [5.41, 5.74) is 0. The van der Waals surface area contributed by atoms with Crippen molar-refractivity contribution in [3.63, 3.8) is 0 Å². The molecule has 0 aromatic rings. The maximum absolute atomic E-state index is 11.5. The molecule has 3 rings (SSSR count). The first-order chi connectivity index (χ1) is 6.84. The number of carbonyl (C=O) groups is 1. The summed E-state index contributed by atoms with van der Waals surface area (Å²) in [6.45, 7) is 0. The van der Waals surface area contributed by atoms with Crippen LogP contribution in [0.4, 0.5) is 0 Å². The van der Waals surface area contributed by atoms with Gasteiger partial charge in [0.25, 0.3) is 0 Å². The maximum atomic E-state index is 11.5. The predicted molar refractivity (Wildman–Crippen MR) is 54.7 cm³/mol. The number of piperidine rings is 1. The Kier molecular flexibility index (Phi) is 2.03. The van der Waals surface area contributed by atoms with Crippen molar-refractivity contribution in [2.75, 3.05) is 0 Å². The summed E-state index contributed by atoms with van der Waals surface area (Å²) < 4.78 is 0. The van der Waals surface area contributed by atoms with E-state index in [1.54, 1.807) is 0 Å². The molecule has 1 N–H and O–H groups in total. The van der Waals surface area contributed by atoms with Gasteiger partial charge < -0.3 is 5.32 Å². The molecule has 3 fully saturated rings. The van der Waals surface area contributed by atoms with Gasteiger partial charge in [-0.25, -0.2) is 0 Å². The minimum absolute atomic E-state index is 0.318. The molecular formula is C12H19NO.